The lowest BCUT2D eigenvalue weighted by molar-refractivity contribution is -0.125. The van der Waals surface area contributed by atoms with E-state index in [2.05, 4.69) is 26.1 Å². The Bertz CT molecular complexity index is 421. The number of carbonyl (C=O) groups is 1. The highest BCUT2D eigenvalue weighted by molar-refractivity contribution is 5.78. The molecule has 2 nitrogen and oxygen atoms in total. The number of carbonyl (C=O) groups excluding carboxylic acids is 1. The number of amides is 1. The molecule has 0 fully saturated rings. The van der Waals surface area contributed by atoms with E-state index in [1.165, 1.54) is 161 Å². The van der Waals surface area contributed by atoms with Crippen LogP contribution in [0.25, 0.3) is 0 Å². The topological polar surface area (TPSA) is 29.1 Å². The van der Waals surface area contributed by atoms with Gasteiger partial charge in [-0.3, -0.25) is 4.79 Å². The number of hydrogen-bond donors (Lipinski definition) is 1. The van der Waals surface area contributed by atoms with E-state index in [4.69, 9.17) is 0 Å². The minimum absolute atomic E-state index is 0.258. The number of unbranched alkanes of at least 4 members (excludes halogenated alkanes) is 23. The zero-order valence-electron chi connectivity index (χ0n) is 25.5. The predicted octanol–water partition coefficient (Wildman–Crippen LogP) is 11.7. The first-order chi connectivity index (χ1) is 17.8. The molecule has 36 heavy (non-hydrogen) atoms. The van der Waals surface area contributed by atoms with Gasteiger partial charge in [-0.05, 0) is 19.3 Å². The van der Waals surface area contributed by atoms with Crippen molar-refractivity contribution >= 4 is 5.91 Å². The quantitative estimate of drug-likeness (QED) is 0.0962. The summed E-state index contributed by atoms with van der Waals surface area (Å²) < 4.78 is 0. The van der Waals surface area contributed by atoms with E-state index in [-0.39, 0.29) is 5.92 Å². The highest BCUT2D eigenvalue weighted by Crippen LogP contribution is 2.20. The van der Waals surface area contributed by atoms with Gasteiger partial charge in [-0.1, -0.05) is 181 Å². The van der Waals surface area contributed by atoms with Crippen molar-refractivity contribution in [2.24, 2.45) is 5.92 Å². The van der Waals surface area contributed by atoms with Crippen LogP contribution >= 0.6 is 0 Å². The molecule has 0 aliphatic heterocycles. The number of rotatable bonds is 30. The van der Waals surface area contributed by atoms with E-state index in [9.17, 15) is 4.79 Å². The maximum absolute atomic E-state index is 12.9. The maximum Gasteiger partial charge on any atom is 0.223 e. The van der Waals surface area contributed by atoms with Crippen LogP contribution in [-0.2, 0) is 4.79 Å². The van der Waals surface area contributed by atoms with Gasteiger partial charge in [-0.15, -0.1) is 0 Å². The van der Waals surface area contributed by atoms with Crippen LogP contribution in [0.1, 0.15) is 201 Å². The standard InChI is InChI=1S/C34H69NO/c1-4-7-10-13-16-17-18-19-20-21-22-23-25-28-31-33(30-27-24-14-11-8-5-2)34(36)35-32-29-26-15-12-9-6-3/h33H,4-32H2,1-3H3,(H,35,36). The second-order valence-electron chi connectivity index (χ2n) is 11.7. The molecule has 0 saturated heterocycles. The van der Waals surface area contributed by atoms with E-state index >= 15 is 0 Å². The van der Waals surface area contributed by atoms with Crippen molar-refractivity contribution in [3.05, 3.63) is 0 Å². The van der Waals surface area contributed by atoms with E-state index in [1.54, 1.807) is 0 Å². The normalized spacial score (nSPS) is 12.2. The van der Waals surface area contributed by atoms with Crippen LogP contribution in [0.15, 0.2) is 0 Å². The van der Waals surface area contributed by atoms with Crippen molar-refractivity contribution in [3.63, 3.8) is 0 Å². The molecule has 216 valence electrons. The summed E-state index contributed by atoms with van der Waals surface area (Å²) in [5, 5.41) is 3.30. The smallest absolute Gasteiger partial charge is 0.223 e. The van der Waals surface area contributed by atoms with E-state index in [1.807, 2.05) is 0 Å². The second-order valence-corrected chi connectivity index (χ2v) is 11.7. The van der Waals surface area contributed by atoms with Gasteiger partial charge in [-0.2, -0.15) is 0 Å². The van der Waals surface area contributed by atoms with Crippen molar-refractivity contribution in [2.75, 3.05) is 6.54 Å². The Morgan fingerprint density at radius 1 is 0.417 bits per heavy atom. The molecule has 1 atom stereocenters. The average molecular weight is 508 g/mol. The summed E-state index contributed by atoms with van der Waals surface area (Å²) in [5.74, 6) is 0.611. The van der Waals surface area contributed by atoms with Crippen molar-refractivity contribution in [1.29, 1.82) is 0 Å². The first kappa shape index (κ1) is 35.5. The van der Waals surface area contributed by atoms with Gasteiger partial charge in [0.2, 0.25) is 5.91 Å². The molecule has 0 aliphatic carbocycles. The largest absolute Gasteiger partial charge is 0.356 e. The van der Waals surface area contributed by atoms with E-state index in [0.717, 1.165) is 25.8 Å². The third-order valence-electron chi connectivity index (χ3n) is 8.01. The van der Waals surface area contributed by atoms with Crippen LogP contribution in [0, 0.1) is 5.92 Å². The van der Waals surface area contributed by atoms with Gasteiger partial charge in [-0.25, -0.2) is 0 Å². The molecule has 0 heterocycles. The summed E-state index contributed by atoms with van der Waals surface area (Å²) in [6.45, 7) is 7.73. The SMILES string of the molecule is CCCCCCCCCCCCCCCCC(CCCCCCCC)C(=O)NCCCCCCCC. The molecule has 2 heteroatoms. The predicted molar refractivity (Wildman–Crippen MR) is 163 cm³/mol. The van der Waals surface area contributed by atoms with E-state index in [0.29, 0.717) is 5.91 Å². The van der Waals surface area contributed by atoms with Crippen LogP contribution < -0.4 is 5.32 Å². The van der Waals surface area contributed by atoms with Crippen LogP contribution in [-0.4, -0.2) is 12.5 Å². The van der Waals surface area contributed by atoms with Crippen molar-refractivity contribution < 1.29 is 4.79 Å². The Labute approximate surface area is 228 Å². The first-order valence-corrected chi connectivity index (χ1v) is 17.0. The van der Waals surface area contributed by atoms with Gasteiger partial charge >= 0.3 is 0 Å². The fraction of sp³-hybridized carbons (Fsp3) is 0.971. The molecule has 0 radical (unpaired) electrons. The first-order valence-electron chi connectivity index (χ1n) is 17.0. The maximum atomic E-state index is 12.9. The molecule has 1 amide bonds. The molecule has 1 N–H and O–H groups in total. The fourth-order valence-electron chi connectivity index (χ4n) is 5.42. The highest BCUT2D eigenvalue weighted by Gasteiger charge is 2.17. The van der Waals surface area contributed by atoms with Gasteiger partial charge in [0.05, 0.1) is 0 Å². The molecule has 0 aromatic heterocycles. The third-order valence-corrected chi connectivity index (χ3v) is 8.01. The van der Waals surface area contributed by atoms with Gasteiger partial charge in [0.15, 0.2) is 0 Å². The lowest BCUT2D eigenvalue weighted by Crippen LogP contribution is -2.31. The Morgan fingerprint density at radius 3 is 1.03 bits per heavy atom. The monoisotopic (exact) mass is 508 g/mol. The summed E-state index contributed by atoms with van der Waals surface area (Å²) in [5.41, 5.74) is 0. The van der Waals surface area contributed by atoms with Crippen LogP contribution in [0.3, 0.4) is 0 Å². The molecule has 0 saturated carbocycles. The lowest BCUT2D eigenvalue weighted by Gasteiger charge is -2.17. The number of nitrogens with one attached hydrogen (secondary N) is 1. The molecule has 0 bridgehead atoms. The van der Waals surface area contributed by atoms with Gasteiger partial charge in [0.1, 0.15) is 0 Å². The number of hydrogen-bond acceptors (Lipinski definition) is 1. The molecular weight excluding hydrogens is 438 g/mol. The molecule has 0 aromatic carbocycles. The summed E-state index contributed by atoms with van der Waals surface area (Å²) in [7, 11) is 0. The van der Waals surface area contributed by atoms with Crippen molar-refractivity contribution in [2.45, 2.75) is 201 Å². The van der Waals surface area contributed by atoms with Crippen LogP contribution in [0.4, 0.5) is 0 Å². The molecule has 0 spiro atoms. The summed E-state index contributed by atoms with van der Waals surface area (Å²) >= 11 is 0. The Balaban J connectivity index is 3.90. The molecule has 1 unspecified atom stereocenters. The molecule has 0 aromatic rings. The summed E-state index contributed by atoms with van der Waals surface area (Å²) in [4.78, 5) is 12.9. The summed E-state index contributed by atoms with van der Waals surface area (Å²) in [6.07, 6.45) is 37.5. The molecular formula is C34H69NO. The Hall–Kier alpha value is -0.530. The van der Waals surface area contributed by atoms with Crippen LogP contribution in [0.2, 0.25) is 0 Å². The highest BCUT2D eigenvalue weighted by atomic mass is 16.1. The third kappa shape index (κ3) is 26.5. The lowest BCUT2D eigenvalue weighted by atomic mass is 9.93. The zero-order chi connectivity index (χ0) is 26.4. The Morgan fingerprint density at radius 2 is 0.694 bits per heavy atom. The van der Waals surface area contributed by atoms with Gasteiger partial charge in [0.25, 0.3) is 0 Å². The van der Waals surface area contributed by atoms with E-state index < -0.39 is 0 Å². The average Bonchev–Trinajstić information content (AvgIpc) is 2.88. The molecule has 0 aliphatic rings. The minimum Gasteiger partial charge on any atom is -0.356 e. The summed E-state index contributed by atoms with van der Waals surface area (Å²) in [6, 6.07) is 0. The minimum atomic E-state index is 0.258. The van der Waals surface area contributed by atoms with Crippen molar-refractivity contribution in [3.8, 4) is 0 Å². The molecule has 0 rings (SSSR count). The zero-order valence-corrected chi connectivity index (χ0v) is 25.5. The van der Waals surface area contributed by atoms with Gasteiger partial charge in [0, 0.05) is 12.5 Å². The van der Waals surface area contributed by atoms with Gasteiger partial charge < -0.3 is 5.32 Å². The van der Waals surface area contributed by atoms with Crippen LogP contribution in [0.5, 0.6) is 0 Å². The second kappa shape index (κ2) is 30.7. The van der Waals surface area contributed by atoms with Crippen molar-refractivity contribution in [1.82, 2.24) is 5.32 Å². The Kier molecular flexibility index (Phi) is 30.2. The fourth-order valence-corrected chi connectivity index (χ4v) is 5.42.